The maximum absolute atomic E-state index is 5.76. The Labute approximate surface area is 172 Å². The topological polar surface area (TPSA) is 53.5 Å². The molecule has 1 aliphatic rings. The van der Waals surface area contributed by atoms with E-state index in [1.54, 1.807) is 0 Å². The number of nitrogens with zero attached hydrogens (tertiary/aromatic N) is 4. The monoisotopic (exact) mass is 389 g/mol. The van der Waals surface area contributed by atoms with E-state index in [9.17, 15) is 0 Å². The van der Waals surface area contributed by atoms with Crippen molar-refractivity contribution in [3.05, 3.63) is 60.7 Å². The number of nitrogens with one attached hydrogen (secondary N) is 1. The normalized spacial score (nSPS) is 14.6. The van der Waals surface area contributed by atoms with Gasteiger partial charge in [0.1, 0.15) is 17.4 Å². The van der Waals surface area contributed by atoms with Crippen LogP contribution in [0.25, 0.3) is 11.4 Å². The van der Waals surface area contributed by atoms with E-state index in [4.69, 9.17) is 14.7 Å². The summed E-state index contributed by atoms with van der Waals surface area (Å²) in [6.07, 6.45) is 0. The lowest BCUT2D eigenvalue weighted by molar-refractivity contribution is 0.312. The van der Waals surface area contributed by atoms with Crippen LogP contribution in [0.3, 0.4) is 0 Å². The number of anilines is 3. The number of rotatable bonds is 6. The van der Waals surface area contributed by atoms with Crippen LogP contribution in [0.5, 0.6) is 5.75 Å². The van der Waals surface area contributed by atoms with Crippen LogP contribution in [0, 0.1) is 0 Å². The lowest BCUT2D eigenvalue weighted by Gasteiger charge is -2.33. The van der Waals surface area contributed by atoms with E-state index in [0.717, 1.165) is 60.6 Å². The predicted molar refractivity (Wildman–Crippen MR) is 118 cm³/mol. The molecule has 2 heterocycles. The molecule has 29 heavy (non-hydrogen) atoms. The Balaban J connectivity index is 1.70. The summed E-state index contributed by atoms with van der Waals surface area (Å²) in [5.41, 5.74) is 1.90. The van der Waals surface area contributed by atoms with Crippen LogP contribution in [0.2, 0.25) is 0 Å². The van der Waals surface area contributed by atoms with Crippen molar-refractivity contribution < 1.29 is 4.74 Å². The first-order chi connectivity index (χ1) is 14.2. The summed E-state index contributed by atoms with van der Waals surface area (Å²) in [5, 5.41) is 3.44. The highest BCUT2D eigenvalue weighted by molar-refractivity contribution is 5.68. The molecule has 1 N–H and O–H groups in total. The third-order valence-corrected chi connectivity index (χ3v) is 5.02. The van der Waals surface area contributed by atoms with Crippen LogP contribution in [0.4, 0.5) is 17.3 Å². The van der Waals surface area contributed by atoms with Crippen molar-refractivity contribution in [3.8, 4) is 17.1 Å². The summed E-state index contributed by atoms with van der Waals surface area (Å²) in [6.45, 7) is 6.57. The van der Waals surface area contributed by atoms with Crippen LogP contribution in [-0.4, -0.2) is 54.7 Å². The second kappa shape index (κ2) is 8.92. The van der Waals surface area contributed by atoms with Gasteiger partial charge in [-0.2, -0.15) is 0 Å². The average Bonchev–Trinajstić information content (AvgIpc) is 2.76. The smallest absolute Gasteiger partial charge is 0.163 e. The fourth-order valence-corrected chi connectivity index (χ4v) is 3.40. The number of likely N-dealkylation sites (N-methyl/N-ethyl adjacent to an activating group) is 1. The molecule has 2 aromatic carbocycles. The number of benzene rings is 2. The van der Waals surface area contributed by atoms with Crippen molar-refractivity contribution in [1.82, 2.24) is 14.9 Å². The van der Waals surface area contributed by atoms with E-state index in [2.05, 4.69) is 22.2 Å². The van der Waals surface area contributed by atoms with Crippen LogP contribution >= 0.6 is 0 Å². The Morgan fingerprint density at radius 3 is 2.41 bits per heavy atom. The zero-order valence-electron chi connectivity index (χ0n) is 17.0. The molecular formula is C23H27N5O. The van der Waals surface area contributed by atoms with Gasteiger partial charge in [-0.25, -0.2) is 9.97 Å². The summed E-state index contributed by atoms with van der Waals surface area (Å²) < 4.78 is 5.76. The summed E-state index contributed by atoms with van der Waals surface area (Å²) in [7, 11) is 2.16. The molecule has 1 aromatic heterocycles. The summed E-state index contributed by atoms with van der Waals surface area (Å²) >= 11 is 0. The third kappa shape index (κ3) is 4.66. The number of hydrogen-bond acceptors (Lipinski definition) is 6. The zero-order chi connectivity index (χ0) is 20.1. The number of hydrogen-bond donors (Lipinski definition) is 1. The van der Waals surface area contributed by atoms with Gasteiger partial charge in [0.05, 0.1) is 12.3 Å². The SMILES string of the molecule is CCOc1ccccc1Nc1cc(N2CCN(C)CC2)nc(-c2ccccc2)n1. The third-order valence-electron chi connectivity index (χ3n) is 5.02. The van der Waals surface area contributed by atoms with Gasteiger partial charge in [-0.15, -0.1) is 0 Å². The van der Waals surface area contributed by atoms with Crippen molar-refractivity contribution in [1.29, 1.82) is 0 Å². The van der Waals surface area contributed by atoms with Crippen LogP contribution in [0.1, 0.15) is 6.92 Å². The van der Waals surface area contributed by atoms with Gasteiger partial charge in [-0.1, -0.05) is 42.5 Å². The van der Waals surface area contributed by atoms with Gasteiger partial charge < -0.3 is 19.9 Å². The van der Waals surface area contributed by atoms with E-state index in [-0.39, 0.29) is 0 Å². The van der Waals surface area contributed by atoms with Gasteiger partial charge in [-0.05, 0) is 26.1 Å². The van der Waals surface area contributed by atoms with Crippen LogP contribution in [-0.2, 0) is 0 Å². The number of aromatic nitrogens is 2. The molecule has 0 atom stereocenters. The quantitative estimate of drug-likeness (QED) is 0.687. The summed E-state index contributed by atoms with van der Waals surface area (Å²) in [5.74, 6) is 3.25. The molecule has 0 unspecified atom stereocenters. The molecular weight excluding hydrogens is 362 g/mol. The van der Waals surface area contributed by atoms with Crippen LogP contribution in [0.15, 0.2) is 60.7 Å². The van der Waals surface area contributed by atoms with Crippen LogP contribution < -0.4 is 15.0 Å². The standard InChI is InChI=1S/C23H27N5O/c1-3-29-20-12-8-7-11-19(20)24-21-17-22(28-15-13-27(2)14-16-28)26-23(25-21)18-9-5-4-6-10-18/h4-12,17H,3,13-16H2,1-2H3,(H,24,25,26). The second-order valence-corrected chi connectivity index (χ2v) is 7.15. The molecule has 0 radical (unpaired) electrons. The second-order valence-electron chi connectivity index (χ2n) is 7.15. The first-order valence-corrected chi connectivity index (χ1v) is 10.1. The number of piperazine rings is 1. The molecule has 0 aliphatic carbocycles. The minimum absolute atomic E-state index is 0.615. The fourth-order valence-electron chi connectivity index (χ4n) is 3.40. The van der Waals surface area contributed by atoms with Gasteiger partial charge >= 0.3 is 0 Å². The Bertz CT molecular complexity index is 939. The van der Waals surface area contributed by atoms with Gasteiger partial charge in [0.15, 0.2) is 5.82 Å². The Morgan fingerprint density at radius 2 is 1.66 bits per heavy atom. The molecule has 4 rings (SSSR count). The summed E-state index contributed by atoms with van der Waals surface area (Å²) in [4.78, 5) is 14.3. The highest BCUT2D eigenvalue weighted by Gasteiger charge is 2.18. The fraction of sp³-hybridized carbons (Fsp3) is 0.304. The van der Waals surface area contributed by atoms with E-state index in [1.807, 2.05) is 67.6 Å². The Morgan fingerprint density at radius 1 is 0.931 bits per heavy atom. The van der Waals surface area contributed by atoms with Crippen molar-refractivity contribution in [3.63, 3.8) is 0 Å². The van der Waals surface area contributed by atoms with E-state index in [0.29, 0.717) is 6.61 Å². The molecule has 3 aromatic rings. The van der Waals surface area contributed by atoms with Gasteiger partial charge in [0.25, 0.3) is 0 Å². The molecule has 1 saturated heterocycles. The molecule has 0 bridgehead atoms. The number of ether oxygens (including phenoxy) is 1. The van der Waals surface area contributed by atoms with E-state index >= 15 is 0 Å². The molecule has 1 fully saturated rings. The summed E-state index contributed by atoms with van der Waals surface area (Å²) in [6, 6.07) is 20.1. The first-order valence-electron chi connectivity index (χ1n) is 10.1. The van der Waals surface area contributed by atoms with Crippen molar-refractivity contribution in [2.45, 2.75) is 6.92 Å². The van der Waals surface area contributed by atoms with Gasteiger partial charge in [0, 0.05) is 37.8 Å². The molecule has 6 heteroatoms. The lowest BCUT2D eigenvalue weighted by Crippen LogP contribution is -2.44. The first kappa shape index (κ1) is 19.2. The van der Waals surface area contributed by atoms with Crippen molar-refractivity contribution in [2.75, 3.05) is 50.1 Å². The van der Waals surface area contributed by atoms with Crippen molar-refractivity contribution >= 4 is 17.3 Å². The molecule has 0 saturated carbocycles. The predicted octanol–water partition coefficient (Wildman–Crippen LogP) is 4.04. The molecule has 150 valence electrons. The minimum atomic E-state index is 0.615. The maximum Gasteiger partial charge on any atom is 0.163 e. The highest BCUT2D eigenvalue weighted by atomic mass is 16.5. The maximum atomic E-state index is 5.76. The molecule has 1 aliphatic heterocycles. The van der Waals surface area contributed by atoms with E-state index in [1.165, 1.54) is 0 Å². The number of para-hydroxylation sites is 2. The Kier molecular flexibility index (Phi) is 5.91. The zero-order valence-corrected chi connectivity index (χ0v) is 17.0. The molecule has 0 spiro atoms. The highest BCUT2D eigenvalue weighted by Crippen LogP contribution is 2.29. The van der Waals surface area contributed by atoms with Gasteiger partial charge in [0.2, 0.25) is 0 Å². The molecule has 6 nitrogen and oxygen atoms in total. The lowest BCUT2D eigenvalue weighted by atomic mass is 10.2. The minimum Gasteiger partial charge on any atom is -0.492 e. The van der Waals surface area contributed by atoms with Crippen molar-refractivity contribution in [2.24, 2.45) is 0 Å². The van der Waals surface area contributed by atoms with E-state index < -0.39 is 0 Å². The average molecular weight is 390 g/mol. The van der Waals surface area contributed by atoms with Gasteiger partial charge in [-0.3, -0.25) is 0 Å². The Hall–Kier alpha value is -3.12. The largest absolute Gasteiger partial charge is 0.492 e. The molecule has 0 amide bonds.